The third-order valence-electron chi connectivity index (χ3n) is 4.04. The molecule has 1 unspecified atom stereocenters. The third kappa shape index (κ3) is 5.12. The topological polar surface area (TPSA) is 38.3 Å². The molecule has 1 amide bonds. The SMILES string of the molecule is C[C@H](C(=O)NOCc1ccccc1)[C@H](C)[S+](C)c1ccccc1. The fourth-order valence-electron chi connectivity index (χ4n) is 2.23. The molecule has 0 aliphatic rings. The summed E-state index contributed by atoms with van der Waals surface area (Å²) >= 11 is 0. The molecule has 0 saturated heterocycles. The summed E-state index contributed by atoms with van der Waals surface area (Å²) in [6, 6.07) is 20.1. The minimum Gasteiger partial charge on any atom is -0.272 e. The highest BCUT2D eigenvalue weighted by molar-refractivity contribution is 7.96. The van der Waals surface area contributed by atoms with E-state index in [-0.39, 0.29) is 28.0 Å². The van der Waals surface area contributed by atoms with Crippen molar-refractivity contribution < 1.29 is 9.63 Å². The lowest BCUT2D eigenvalue weighted by atomic mass is 10.1. The van der Waals surface area contributed by atoms with Gasteiger partial charge in [0, 0.05) is 10.9 Å². The number of hydrogen-bond donors (Lipinski definition) is 1. The van der Waals surface area contributed by atoms with E-state index in [4.69, 9.17) is 4.84 Å². The molecule has 0 spiro atoms. The Hall–Kier alpha value is -1.78. The van der Waals surface area contributed by atoms with E-state index in [1.165, 1.54) is 4.90 Å². The molecule has 23 heavy (non-hydrogen) atoms. The summed E-state index contributed by atoms with van der Waals surface area (Å²) in [6.07, 6.45) is 2.19. The van der Waals surface area contributed by atoms with Crippen LogP contribution in [-0.4, -0.2) is 17.4 Å². The zero-order valence-corrected chi connectivity index (χ0v) is 14.7. The normalized spacial score (nSPS) is 14.7. The van der Waals surface area contributed by atoms with Gasteiger partial charge in [-0.05, 0) is 31.5 Å². The lowest BCUT2D eigenvalue weighted by Crippen LogP contribution is -2.38. The summed E-state index contributed by atoms with van der Waals surface area (Å²) in [4.78, 5) is 18.9. The molecule has 0 aliphatic carbocycles. The van der Waals surface area contributed by atoms with Crippen molar-refractivity contribution in [2.24, 2.45) is 5.92 Å². The zero-order valence-electron chi connectivity index (χ0n) is 13.9. The van der Waals surface area contributed by atoms with Crippen molar-refractivity contribution in [1.82, 2.24) is 5.48 Å². The largest absolute Gasteiger partial charge is 0.272 e. The van der Waals surface area contributed by atoms with Crippen molar-refractivity contribution in [3.8, 4) is 0 Å². The van der Waals surface area contributed by atoms with Crippen molar-refractivity contribution in [3.05, 3.63) is 66.2 Å². The van der Waals surface area contributed by atoms with Gasteiger partial charge in [0.1, 0.15) is 11.5 Å². The maximum Gasteiger partial charge on any atom is 0.251 e. The number of hydroxylamine groups is 1. The Kier molecular flexibility index (Phi) is 6.68. The number of rotatable bonds is 7. The van der Waals surface area contributed by atoms with E-state index < -0.39 is 0 Å². The second-order valence-corrected chi connectivity index (χ2v) is 7.94. The quantitative estimate of drug-likeness (QED) is 0.622. The predicted octanol–water partition coefficient (Wildman–Crippen LogP) is 3.57. The van der Waals surface area contributed by atoms with Crippen molar-refractivity contribution in [2.45, 2.75) is 30.6 Å². The number of carbonyl (C=O) groups excluding carboxylic acids is 1. The Bertz CT molecular complexity index is 603. The molecule has 1 N–H and O–H groups in total. The van der Waals surface area contributed by atoms with Gasteiger partial charge < -0.3 is 0 Å². The highest BCUT2D eigenvalue weighted by atomic mass is 32.2. The van der Waals surface area contributed by atoms with Crippen LogP contribution >= 0.6 is 0 Å². The number of carbonyl (C=O) groups is 1. The Balaban J connectivity index is 1.84. The van der Waals surface area contributed by atoms with Gasteiger partial charge >= 0.3 is 0 Å². The Morgan fingerprint density at radius 1 is 1.04 bits per heavy atom. The average molecular weight is 330 g/mol. The van der Waals surface area contributed by atoms with Crippen molar-refractivity contribution in [2.75, 3.05) is 6.26 Å². The van der Waals surface area contributed by atoms with Gasteiger partial charge in [-0.15, -0.1) is 0 Å². The highest BCUT2D eigenvalue weighted by Crippen LogP contribution is 2.21. The van der Waals surface area contributed by atoms with Crippen molar-refractivity contribution in [1.29, 1.82) is 0 Å². The second-order valence-electron chi connectivity index (χ2n) is 5.61. The van der Waals surface area contributed by atoms with Gasteiger partial charge in [0.2, 0.25) is 0 Å². The minimum atomic E-state index is -0.112. The molecule has 0 radical (unpaired) electrons. The number of hydrogen-bond acceptors (Lipinski definition) is 2. The molecular weight excluding hydrogens is 306 g/mol. The first kappa shape index (κ1) is 17.6. The van der Waals surface area contributed by atoms with Gasteiger partial charge in [-0.1, -0.05) is 48.5 Å². The van der Waals surface area contributed by atoms with E-state index in [2.05, 4.69) is 30.8 Å². The maximum atomic E-state index is 12.3. The highest BCUT2D eigenvalue weighted by Gasteiger charge is 2.33. The lowest BCUT2D eigenvalue weighted by molar-refractivity contribution is -0.138. The summed E-state index contributed by atoms with van der Waals surface area (Å²) < 4.78 is 0. The van der Waals surface area contributed by atoms with Crippen LogP contribution in [0.25, 0.3) is 0 Å². The van der Waals surface area contributed by atoms with Crippen LogP contribution in [0.4, 0.5) is 0 Å². The molecule has 0 aromatic heterocycles. The van der Waals surface area contributed by atoms with Gasteiger partial charge in [0.15, 0.2) is 4.90 Å². The molecule has 0 saturated carbocycles. The predicted molar refractivity (Wildman–Crippen MR) is 96.0 cm³/mol. The molecule has 0 bridgehead atoms. The van der Waals surface area contributed by atoms with Crippen LogP contribution in [0.3, 0.4) is 0 Å². The number of amides is 1. The van der Waals surface area contributed by atoms with Gasteiger partial charge in [0.25, 0.3) is 5.91 Å². The van der Waals surface area contributed by atoms with Crippen LogP contribution in [0.2, 0.25) is 0 Å². The smallest absolute Gasteiger partial charge is 0.251 e. The molecule has 2 aromatic carbocycles. The van der Waals surface area contributed by atoms with Gasteiger partial charge in [0.05, 0.1) is 12.5 Å². The molecule has 0 heterocycles. The van der Waals surface area contributed by atoms with Crippen LogP contribution in [0.1, 0.15) is 19.4 Å². The van der Waals surface area contributed by atoms with Crippen molar-refractivity contribution in [3.63, 3.8) is 0 Å². The summed E-state index contributed by atoms with van der Waals surface area (Å²) in [5, 5.41) is 0.248. The Morgan fingerprint density at radius 3 is 2.22 bits per heavy atom. The standard InChI is InChI=1S/C19H23NO2S/c1-15(16(2)23(3)18-12-8-5-9-13-18)19(21)20-22-14-17-10-6-4-7-11-17/h4-13,15-16H,14H2,1-3H3/p+1/t15-,16-,23?/m0/s1. The lowest BCUT2D eigenvalue weighted by Gasteiger charge is -2.18. The van der Waals surface area contributed by atoms with Crippen molar-refractivity contribution >= 4 is 16.8 Å². The number of nitrogens with one attached hydrogen (secondary N) is 1. The first-order valence-electron chi connectivity index (χ1n) is 7.75. The van der Waals surface area contributed by atoms with Crippen LogP contribution in [0.5, 0.6) is 0 Å². The molecule has 3 nitrogen and oxygen atoms in total. The fourth-order valence-corrected chi connectivity index (χ4v) is 3.98. The summed E-state index contributed by atoms with van der Waals surface area (Å²) in [5.41, 5.74) is 3.62. The minimum absolute atomic E-state index is 0.0133. The van der Waals surface area contributed by atoms with Crippen LogP contribution in [0, 0.1) is 5.92 Å². The summed E-state index contributed by atoms with van der Waals surface area (Å²) in [7, 11) is 0.0133. The molecule has 122 valence electrons. The van der Waals surface area contributed by atoms with E-state index >= 15 is 0 Å². The van der Waals surface area contributed by atoms with Gasteiger partial charge in [-0.3, -0.25) is 9.63 Å². The molecule has 4 heteroatoms. The maximum absolute atomic E-state index is 12.3. The molecule has 2 aromatic rings. The van der Waals surface area contributed by atoms with Gasteiger partial charge in [-0.2, -0.15) is 0 Å². The first-order valence-corrected chi connectivity index (χ1v) is 9.44. The molecule has 0 fully saturated rings. The number of benzene rings is 2. The molecular formula is C19H24NO2S+. The van der Waals surface area contributed by atoms with E-state index in [1.807, 2.05) is 55.5 Å². The van der Waals surface area contributed by atoms with Crippen LogP contribution < -0.4 is 5.48 Å². The van der Waals surface area contributed by atoms with Crippen LogP contribution in [-0.2, 0) is 27.1 Å². The Labute approximate surface area is 141 Å². The van der Waals surface area contributed by atoms with E-state index in [1.54, 1.807) is 0 Å². The van der Waals surface area contributed by atoms with Gasteiger partial charge in [-0.25, -0.2) is 5.48 Å². The Morgan fingerprint density at radius 2 is 1.61 bits per heavy atom. The van der Waals surface area contributed by atoms with Crippen LogP contribution in [0.15, 0.2) is 65.6 Å². The molecule has 2 rings (SSSR count). The zero-order chi connectivity index (χ0) is 16.7. The van der Waals surface area contributed by atoms with E-state index in [9.17, 15) is 4.79 Å². The third-order valence-corrected chi connectivity index (χ3v) is 6.58. The average Bonchev–Trinajstić information content (AvgIpc) is 2.61. The fraction of sp³-hybridized carbons (Fsp3) is 0.316. The second kappa shape index (κ2) is 8.75. The van der Waals surface area contributed by atoms with E-state index in [0.29, 0.717) is 6.61 Å². The molecule has 0 aliphatic heterocycles. The summed E-state index contributed by atoms with van der Waals surface area (Å²) in [5.74, 6) is -0.178. The summed E-state index contributed by atoms with van der Waals surface area (Å²) in [6.45, 7) is 4.46. The molecule has 3 atom stereocenters. The monoisotopic (exact) mass is 330 g/mol. The first-order chi connectivity index (χ1) is 11.1. The van der Waals surface area contributed by atoms with E-state index in [0.717, 1.165) is 5.56 Å².